The van der Waals surface area contributed by atoms with Crippen LogP contribution < -0.4 is 5.73 Å². The van der Waals surface area contributed by atoms with Crippen LogP contribution in [0.25, 0.3) is 0 Å². The highest BCUT2D eigenvalue weighted by Gasteiger charge is 2.43. The van der Waals surface area contributed by atoms with Crippen LogP contribution in [0, 0.1) is 5.41 Å². The van der Waals surface area contributed by atoms with Crippen LogP contribution in [0.15, 0.2) is 0 Å². The number of carbonyl (C=O) groups excluding carboxylic acids is 1. The van der Waals surface area contributed by atoms with Crippen LogP contribution in [-0.4, -0.2) is 41.0 Å². The van der Waals surface area contributed by atoms with Crippen LogP contribution in [0.3, 0.4) is 0 Å². The van der Waals surface area contributed by atoms with Crippen LogP contribution >= 0.6 is 0 Å². The van der Waals surface area contributed by atoms with Gasteiger partial charge in [0.2, 0.25) is 5.91 Å². The fraction of sp³-hybridized carbons (Fsp3) is 0.846. The largest absolute Gasteiger partial charge is 0.481 e. The van der Waals surface area contributed by atoms with Gasteiger partial charge in [0.1, 0.15) is 0 Å². The lowest BCUT2D eigenvalue weighted by Crippen LogP contribution is -2.53. The average molecular weight is 256 g/mol. The summed E-state index contributed by atoms with van der Waals surface area (Å²) in [5.41, 5.74) is 4.98. The first-order valence-electron chi connectivity index (χ1n) is 6.74. The highest BCUT2D eigenvalue weighted by Crippen LogP contribution is 2.35. The summed E-state index contributed by atoms with van der Waals surface area (Å²) in [7, 11) is 0. The number of nitrogens with zero attached hydrogens (tertiary/aromatic N) is 1. The van der Waals surface area contributed by atoms with Gasteiger partial charge in [-0.2, -0.15) is 0 Å². The van der Waals surface area contributed by atoms with E-state index in [-0.39, 0.29) is 5.91 Å². The number of carboxylic acids is 1. The van der Waals surface area contributed by atoms with Crippen LogP contribution in [0.1, 0.15) is 46.0 Å². The number of carboxylic acid groups (broad SMARTS) is 1. The molecule has 1 rings (SSSR count). The Hall–Kier alpha value is -1.10. The first-order chi connectivity index (χ1) is 8.46. The monoisotopic (exact) mass is 256 g/mol. The minimum Gasteiger partial charge on any atom is -0.481 e. The summed E-state index contributed by atoms with van der Waals surface area (Å²) in [4.78, 5) is 25.2. The lowest BCUT2D eigenvalue weighted by molar-refractivity contribution is -0.155. The van der Waals surface area contributed by atoms with E-state index in [1.165, 1.54) is 0 Å². The van der Waals surface area contributed by atoms with E-state index in [1.807, 2.05) is 13.8 Å². The molecule has 1 saturated heterocycles. The quantitative estimate of drug-likeness (QED) is 0.774. The van der Waals surface area contributed by atoms with Gasteiger partial charge in [-0.1, -0.05) is 20.3 Å². The second kappa shape index (κ2) is 6.18. The molecule has 1 amide bonds. The summed E-state index contributed by atoms with van der Waals surface area (Å²) in [5.74, 6) is -0.897. The fourth-order valence-corrected chi connectivity index (χ4v) is 2.69. The van der Waals surface area contributed by atoms with Gasteiger partial charge in [0, 0.05) is 13.1 Å². The van der Waals surface area contributed by atoms with Crippen LogP contribution in [0.2, 0.25) is 0 Å². The highest BCUT2D eigenvalue weighted by atomic mass is 16.4. The topological polar surface area (TPSA) is 83.6 Å². The number of amides is 1. The van der Waals surface area contributed by atoms with Crippen LogP contribution in [0.4, 0.5) is 0 Å². The third-order valence-corrected chi connectivity index (χ3v) is 3.83. The predicted octanol–water partition coefficient (Wildman–Crippen LogP) is 1.22. The molecule has 0 spiro atoms. The normalized spacial score (nSPS) is 25.8. The fourth-order valence-electron chi connectivity index (χ4n) is 2.69. The minimum absolute atomic E-state index is 0.112. The van der Waals surface area contributed by atoms with Gasteiger partial charge >= 0.3 is 5.97 Å². The van der Waals surface area contributed by atoms with Gasteiger partial charge in [-0.15, -0.1) is 0 Å². The molecule has 2 atom stereocenters. The zero-order valence-corrected chi connectivity index (χ0v) is 11.3. The Morgan fingerprint density at radius 2 is 2.11 bits per heavy atom. The van der Waals surface area contributed by atoms with Crippen molar-refractivity contribution in [2.75, 3.05) is 13.1 Å². The van der Waals surface area contributed by atoms with E-state index in [9.17, 15) is 14.7 Å². The maximum Gasteiger partial charge on any atom is 0.311 e. The predicted molar refractivity (Wildman–Crippen MR) is 69.1 cm³/mol. The van der Waals surface area contributed by atoms with E-state index in [1.54, 1.807) is 4.90 Å². The van der Waals surface area contributed by atoms with E-state index in [2.05, 4.69) is 0 Å². The van der Waals surface area contributed by atoms with Gasteiger partial charge < -0.3 is 15.7 Å². The van der Waals surface area contributed by atoms with E-state index >= 15 is 0 Å². The smallest absolute Gasteiger partial charge is 0.311 e. The molecule has 1 aliphatic heterocycles. The molecule has 0 aromatic rings. The van der Waals surface area contributed by atoms with Gasteiger partial charge in [-0.05, 0) is 25.7 Å². The lowest BCUT2D eigenvalue weighted by atomic mass is 9.76. The summed E-state index contributed by atoms with van der Waals surface area (Å²) in [6.45, 7) is 4.78. The molecule has 1 heterocycles. The number of rotatable bonds is 5. The molecule has 0 aromatic heterocycles. The number of hydrogen-bond donors (Lipinski definition) is 2. The SMILES string of the molecule is CCCC1(C(=O)O)CCCN(C(=O)C(N)CC)C1. The molecular formula is C13H24N2O3. The van der Waals surface area contributed by atoms with Crippen molar-refractivity contribution in [3.8, 4) is 0 Å². The second-order valence-corrected chi connectivity index (χ2v) is 5.21. The molecule has 104 valence electrons. The third-order valence-electron chi connectivity index (χ3n) is 3.83. The van der Waals surface area contributed by atoms with Gasteiger partial charge in [0.05, 0.1) is 11.5 Å². The van der Waals surface area contributed by atoms with E-state index < -0.39 is 17.4 Å². The lowest BCUT2D eigenvalue weighted by Gasteiger charge is -2.40. The number of hydrogen-bond acceptors (Lipinski definition) is 3. The molecule has 0 radical (unpaired) electrons. The molecule has 2 unspecified atom stereocenters. The van der Waals surface area contributed by atoms with Gasteiger partial charge in [0.25, 0.3) is 0 Å². The number of aliphatic carboxylic acids is 1. The summed E-state index contributed by atoms with van der Waals surface area (Å²) < 4.78 is 0. The Balaban J connectivity index is 2.81. The van der Waals surface area contributed by atoms with Gasteiger partial charge in [0.15, 0.2) is 0 Å². The molecule has 0 bridgehead atoms. The molecule has 0 aromatic carbocycles. The van der Waals surface area contributed by atoms with E-state index in [0.29, 0.717) is 32.4 Å². The molecule has 5 nitrogen and oxygen atoms in total. The number of likely N-dealkylation sites (tertiary alicyclic amines) is 1. The van der Waals surface area contributed by atoms with Crippen molar-refractivity contribution in [2.45, 2.75) is 52.0 Å². The van der Waals surface area contributed by atoms with Gasteiger partial charge in [-0.3, -0.25) is 9.59 Å². The van der Waals surface area contributed by atoms with Crippen molar-refractivity contribution in [3.05, 3.63) is 0 Å². The Labute approximate surface area is 108 Å². The standard InChI is InChI=1S/C13H24N2O3/c1-3-6-13(12(17)18)7-5-8-15(9-13)11(16)10(14)4-2/h10H,3-9,14H2,1-2H3,(H,17,18). The van der Waals surface area contributed by atoms with Crippen LogP contribution in [-0.2, 0) is 9.59 Å². The van der Waals surface area contributed by atoms with E-state index in [0.717, 1.165) is 12.8 Å². The van der Waals surface area contributed by atoms with Crippen molar-refractivity contribution in [1.29, 1.82) is 0 Å². The maximum absolute atomic E-state index is 12.1. The molecule has 5 heteroatoms. The Morgan fingerprint density at radius 3 is 2.61 bits per heavy atom. The maximum atomic E-state index is 12.1. The zero-order valence-electron chi connectivity index (χ0n) is 11.3. The van der Waals surface area contributed by atoms with Crippen LogP contribution in [0.5, 0.6) is 0 Å². The molecule has 0 aliphatic carbocycles. The van der Waals surface area contributed by atoms with Crippen molar-refractivity contribution in [2.24, 2.45) is 11.1 Å². The van der Waals surface area contributed by atoms with Crippen molar-refractivity contribution in [3.63, 3.8) is 0 Å². The van der Waals surface area contributed by atoms with Crippen molar-refractivity contribution >= 4 is 11.9 Å². The van der Waals surface area contributed by atoms with Crippen molar-refractivity contribution < 1.29 is 14.7 Å². The molecule has 1 fully saturated rings. The molecule has 3 N–H and O–H groups in total. The second-order valence-electron chi connectivity index (χ2n) is 5.21. The number of carbonyl (C=O) groups is 2. The Kier molecular flexibility index (Phi) is 5.14. The molecule has 18 heavy (non-hydrogen) atoms. The van der Waals surface area contributed by atoms with E-state index in [4.69, 9.17) is 5.73 Å². The summed E-state index contributed by atoms with van der Waals surface area (Å²) in [5, 5.41) is 9.45. The van der Waals surface area contributed by atoms with Gasteiger partial charge in [-0.25, -0.2) is 0 Å². The number of piperidine rings is 1. The first kappa shape index (κ1) is 15.0. The molecule has 1 aliphatic rings. The third kappa shape index (κ3) is 3.02. The summed E-state index contributed by atoms with van der Waals surface area (Å²) >= 11 is 0. The Bertz CT molecular complexity index is 315. The highest BCUT2D eigenvalue weighted by molar-refractivity contribution is 5.83. The Morgan fingerprint density at radius 1 is 1.44 bits per heavy atom. The summed E-state index contributed by atoms with van der Waals surface area (Å²) in [6, 6.07) is -0.503. The average Bonchev–Trinajstić information content (AvgIpc) is 2.37. The van der Waals surface area contributed by atoms with Crippen molar-refractivity contribution in [1.82, 2.24) is 4.90 Å². The molecular weight excluding hydrogens is 232 g/mol. The minimum atomic E-state index is -0.785. The summed E-state index contributed by atoms with van der Waals surface area (Å²) in [6.07, 6.45) is 3.42. The molecule has 0 saturated carbocycles. The first-order valence-corrected chi connectivity index (χ1v) is 6.74. The zero-order chi connectivity index (χ0) is 13.8. The number of nitrogens with two attached hydrogens (primary N) is 1.